The molecule has 38 heavy (non-hydrogen) atoms. The molecule has 4 aliphatic rings. The summed E-state index contributed by atoms with van der Waals surface area (Å²) in [7, 11) is 0. The Kier molecular flexibility index (Phi) is 6.83. The van der Waals surface area contributed by atoms with Crippen molar-refractivity contribution >= 4 is 22.6 Å². The van der Waals surface area contributed by atoms with Crippen molar-refractivity contribution in [2.75, 3.05) is 6.54 Å². The maximum absolute atomic E-state index is 12.4. The molecule has 6 heteroatoms. The molecule has 0 amide bonds. The third-order valence-electron chi connectivity index (χ3n) is 11.3. The van der Waals surface area contributed by atoms with Gasteiger partial charge in [0.1, 0.15) is 5.75 Å². The zero-order valence-electron chi connectivity index (χ0n) is 22.5. The lowest BCUT2D eigenvalue weighted by atomic mass is 9.45. The summed E-state index contributed by atoms with van der Waals surface area (Å²) >= 11 is 2.18. The van der Waals surface area contributed by atoms with E-state index in [4.69, 9.17) is 4.42 Å². The van der Waals surface area contributed by atoms with Crippen molar-refractivity contribution in [2.24, 2.45) is 22.7 Å². The molecule has 5 nitrogen and oxygen atoms in total. The summed E-state index contributed by atoms with van der Waals surface area (Å²) in [6.45, 7) is 5.71. The maximum atomic E-state index is 12.4. The summed E-state index contributed by atoms with van der Waals surface area (Å²) in [5.41, 5.74) is 2.93. The SMILES string of the molecule is C[C@]12CC[C@H](NCCc3ccc(O)c([131I])c3)C=C1CC[C@@H]1[C@@H]2CC[C@]2(C)[C@@H](c3ccc(=O)oc3)CC[C@]12O. The number of rotatable bonds is 5. The van der Waals surface area contributed by atoms with Crippen LogP contribution >= 0.6 is 22.6 Å². The van der Waals surface area contributed by atoms with Crippen LogP contribution in [0.3, 0.4) is 0 Å². The fourth-order valence-corrected chi connectivity index (χ4v) is 9.65. The fourth-order valence-electron chi connectivity index (χ4n) is 9.07. The van der Waals surface area contributed by atoms with Crippen molar-refractivity contribution in [1.82, 2.24) is 5.32 Å². The van der Waals surface area contributed by atoms with Crippen molar-refractivity contribution in [2.45, 2.75) is 89.2 Å². The molecule has 0 unspecified atom stereocenters. The molecule has 1 aromatic heterocycles. The highest BCUT2D eigenvalue weighted by atomic mass is 131. The highest BCUT2D eigenvalue weighted by Crippen LogP contribution is 2.70. The average molecular weight is 634 g/mol. The van der Waals surface area contributed by atoms with E-state index in [1.165, 1.54) is 18.1 Å². The molecule has 7 atom stereocenters. The Bertz CT molecular complexity index is 1280. The number of phenols is 1. The van der Waals surface area contributed by atoms with Crippen LogP contribution in [-0.2, 0) is 6.42 Å². The number of aromatic hydroxyl groups is 1. The lowest BCUT2D eigenvalue weighted by Crippen LogP contribution is -2.60. The number of aliphatic hydroxyl groups is 1. The Morgan fingerprint density at radius 3 is 2.66 bits per heavy atom. The Hall–Kier alpha value is -1.64. The van der Waals surface area contributed by atoms with E-state index in [1.807, 2.05) is 12.1 Å². The lowest BCUT2D eigenvalue weighted by molar-refractivity contribution is -0.177. The van der Waals surface area contributed by atoms with Gasteiger partial charge in [0.15, 0.2) is 0 Å². The molecule has 6 rings (SSSR count). The Balaban J connectivity index is 1.16. The van der Waals surface area contributed by atoms with Crippen LogP contribution in [0.5, 0.6) is 5.75 Å². The van der Waals surface area contributed by atoms with Gasteiger partial charge in [-0.05, 0) is 139 Å². The zero-order valence-corrected chi connectivity index (χ0v) is 24.7. The van der Waals surface area contributed by atoms with Crippen molar-refractivity contribution in [3.8, 4) is 5.75 Å². The van der Waals surface area contributed by atoms with Crippen molar-refractivity contribution in [3.63, 3.8) is 0 Å². The smallest absolute Gasteiger partial charge is 0.335 e. The second-order valence-corrected chi connectivity index (χ2v) is 14.0. The molecule has 0 bridgehead atoms. The van der Waals surface area contributed by atoms with E-state index in [-0.39, 0.29) is 22.4 Å². The number of hydrogen-bond acceptors (Lipinski definition) is 5. The van der Waals surface area contributed by atoms with Gasteiger partial charge in [-0.15, -0.1) is 0 Å². The monoisotopic (exact) mass is 633 g/mol. The molecule has 4 aliphatic carbocycles. The fraction of sp³-hybridized carbons (Fsp3) is 0.594. The molecule has 204 valence electrons. The van der Waals surface area contributed by atoms with Crippen molar-refractivity contribution in [1.29, 1.82) is 0 Å². The van der Waals surface area contributed by atoms with E-state index in [1.54, 1.807) is 17.9 Å². The molecule has 1 heterocycles. The van der Waals surface area contributed by atoms with Crippen molar-refractivity contribution < 1.29 is 14.6 Å². The van der Waals surface area contributed by atoms with Gasteiger partial charge in [-0.2, -0.15) is 0 Å². The first-order valence-electron chi connectivity index (χ1n) is 14.4. The number of fused-ring (bicyclic) bond motifs is 5. The minimum absolute atomic E-state index is 0.169. The standard InChI is InChI=1S/C32H40INO4/c1-30-13-9-23(34-16-12-20-3-7-28(35)27(33)17-20)18-22(30)5-6-26-25(30)10-14-31(2)24(11-15-32(26,31)37)21-4-8-29(36)38-19-21/h3-4,7-8,17-19,23-26,34-35,37H,5-6,9-16H2,1-2H3/t23-,24+,25-,26+,30-,31+,32-/m0/s1/i33+4. The van der Waals surface area contributed by atoms with Crippen LogP contribution in [0.15, 0.2) is 57.5 Å². The van der Waals surface area contributed by atoms with Crippen LogP contribution in [0.1, 0.15) is 82.3 Å². The first-order valence-corrected chi connectivity index (χ1v) is 15.4. The summed E-state index contributed by atoms with van der Waals surface area (Å²) in [5, 5.41) is 26.0. The van der Waals surface area contributed by atoms with Gasteiger partial charge >= 0.3 is 5.63 Å². The van der Waals surface area contributed by atoms with E-state index in [2.05, 4.69) is 53.9 Å². The van der Waals surface area contributed by atoms with Gasteiger partial charge in [0.2, 0.25) is 0 Å². The third kappa shape index (κ3) is 4.21. The summed E-state index contributed by atoms with van der Waals surface area (Å²) in [6.07, 6.45) is 13.5. The van der Waals surface area contributed by atoms with Crippen molar-refractivity contribution in [3.05, 3.63) is 73.4 Å². The third-order valence-corrected chi connectivity index (χ3v) is 12.1. The highest BCUT2D eigenvalue weighted by molar-refractivity contribution is 14.1. The topological polar surface area (TPSA) is 82.7 Å². The normalized spacial score (nSPS) is 38.2. The van der Waals surface area contributed by atoms with E-state index in [0.29, 0.717) is 23.6 Å². The van der Waals surface area contributed by atoms with Crippen LogP contribution in [0, 0.1) is 26.2 Å². The number of allylic oxidation sites excluding steroid dienone is 1. The summed E-state index contributed by atoms with van der Waals surface area (Å²) in [6, 6.07) is 9.72. The molecular weight excluding hydrogens is 593 g/mol. The average Bonchev–Trinajstić information content (AvgIpc) is 3.18. The van der Waals surface area contributed by atoms with Gasteiger partial charge in [-0.1, -0.05) is 31.6 Å². The molecule has 3 fully saturated rings. The van der Waals surface area contributed by atoms with E-state index < -0.39 is 5.60 Å². The second kappa shape index (κ2) is 9.77. The predicted molar refractivity (Wildman–Crippen MR) is 157 cm³/mol. The molecule has 3 saturated carbocycles. The number of hydrogen-bond donors (Lipinski definition) is 3. The summed E-state index contributed by atoms with van der Waals surface area (Å²) < 4.78 is 6.14. The van der Waals surface area contributed by atoms with E-state index in [9.17, 15) is 15.0 Å². The van der Waals surface area contributed by atoms with Gasteiger partial charge in [0, 0.05) is 17.5 Å². The molecule has 0 spiro atoms. The molecule has 2 aromatic rings. The zero-order chi connectivity index (χ0) is 26.7. The molecule has 0 aliphatic heterocycles. The molecule has 1 aromatic carbocycles. The van der Waals surface area contributed by atoms with Gasteiger partial charge in [-0.3, -0.25) is 0 Å². The Morgan fingerprint density at radius 1 is 1.05 bits per heavy atom. The predicted octanol–water partition coefficient (Wildman–Crippen LogP) is 6.31. The number of halogens is 1. The van der Waals surface area contributed by atoms with Crippen LogP contribution in [0.25, 0.3) is 0 Å². The molecule has 0 saturated heterocycles. The minimum atomic E-state index is -0.665. The van der Waals surface area contributed by atoms with Gasteiger partial charge in [-0.25, -0.2) is 4.79 Å². The van der Waals surface area contributed by atoms with E-state index in [0.717, 1.165) is 67.0 Å². The molecular formula is C32H40INO4. The first-order chi connectivity index (χ1) is 18.1. The second-order valence-electron chi connectivity index (χ2n) is 12.9. The van der Waals surface area contributed by atoms with Crippen LogP contribution in [0.2, 0.25) is 0 Å². The van der Waals surface area contributed by atoms with Gasteiger partial charge in [0.05, 0.1) is 15.4 Å². The van der Waals surface area contributed by atoms with Gasteiger partial charge < -0.3 is 19.9 Å². The summed E-state index contributed by atoms with van der Waals surface area (Å²) in [5.74, 6) is 1.43. The van der Waals surface area contributed by atoms with Gasteiger partial charge in [0.25, 0.3) is 0 Å². The largest absolute Gasteiger partial charge is 0.507 e. The Labute approximate surface area is 239 Å². The maximum Gasteiger partial charge on any atom is 0.335 e. The first kappa shape index (κ1) is 26.6. The van der Waals surface area contributed by atoms with E-state index >= 15 is 0 Å². The number of phenolic OH excluding ortho intramolecular Hbond substituents is 1. The molecule has 3 N–H and O–H groups in total. The number of nitrogens with one attached hydrogen (secondary N) is 1. The Morgan fingerprint density at radius 2 is 1.89 bits per heavy atom. The number of benzene rings is 1. The summed E-state index contributed by atoms with van der Waals surface area (Å²) in [4.78, 5) is 11.6. The van der Waals surface area contributed by atoms with Crippen LogP contribution in [0.4, 0.5) is 0 Å². The quantitative estimate of drug-likeness (QED) is 0.266. The van der Waals surface area contributed by atoms with Crippen LogP contribution < -0.4 is 10.9 Å². The lowest BCUT2D eigenvalue weighted by Gasteiger charge is -2.62. The molecule has 0 radical (unpaired) electrons. The van der Waals surface area contributed by atoms with Crippen LogP contribution in [-0.4, -0.2) is 28.4 Å². The minimum Gasteiger partial charge on any atom is -0.507 e. The highest BCUT2D eigenvalue weighted by Gasteiger charge is 2.66.